The minimum absolute atomic E-state index is 0.0328. The number of nitrogens with zero attached hydrogens (tertiary/aromatic N) is 1. The third-order valence-corrected chi connectivity index (χ3v) is 3.29. The molecule has 0 saturated carbocycles. The Bertz CT molecular complexity index is 605. The van der Waals surface area contributed by atoms with Crippen molar-refractivity contribution in [2.45, 2.75) is 25.1 Å². The lowest BCUT2D eigenvalue weighted by Crippen LogP contribution is -2.22. The van der Waals surface area contributed by atoms with Gasteiger partial charge in [-0.15, -0.1) is 0 Å². The number of amides is 1. The fraction of sp³-hybridized carbons (Fsp3) is 0.467. The normalized spacial score (nSPS) is 17.7. The molecule has 0 spiro atoms. The van der Waals surface area contributed by atoms with E-state index in [1.807, 2.05) is 0 Å². The van der Waals surface area contributed by atoms with Crippen molar-refractivity contribution in [1.29, 1.82) is 5.26 Å². The van der Waals surface area contributed by atoms with E-state index < -0.39 is 23.2 Å². The topological polar surface area (TPSA) is 71.4 Å². The van der Waals surface area contributed by atoms with Crippen molar-refractivity contribution >= 4 is 11.6 Å². The van der Waals surface area contributed by atoms with Gasteiger partial charge in [-0.05, 0) is 31.0 Å². The van der Waals surface area contributed by atoms with Crippen molar-refractivity contribution in [1.82, 2.24) is 0 Å². The third kappa shape index (κ3) is 4.94. The number of hydrogen-bond acceptors (Lipinski definition) is 4. The van der Waals surface area contributed by atoms with Crippen LogP contribution in [0, 0.1) is 11.3 Å². The molecule has 23 heavy (non-hydrogen) atoms. The summed E-state index contributed by atoms with van der Waals surface area (Å²) in [7, 11) is 0. The van der Waals surface area contributed by atoms with Gasteiger partial charge in [-0.3, -0.25) is 4.79 Å². The van der Waals surface area contributed by atoms with Crippen LogP contribution in [0.1, 0.15) is 24.0 Å². The Morgan fingerprint density at radius 1 is 1.48 bits per heavy atom. The number of hydrogen-bond donors (Lipinski definition) is 1. The molecular weight excluding hydrogens is 313 g/mol. The van der Waals surface area contributed by atoms with Crippen molar-refractivity contribution < 1.29 is 27.4 Å². The van der Waals surface area contributed by atoms with E-state index in [9.17, 15) is 18.0 Å². The van der Waals surface area contributed by atoms with Crippen LogP contribution in [0.2, 0.25) is 0 Å². The molecule has 1 aromatic carbocycles. The van der Waals surface area contributed by atoms with Gasteiger partial charge in [-0.1, -0.05) is 0 Å². The number of rotatable bonds is 5. The minimum Gasteiger partial charge on any atom is -0.376 e. The average Bonchev–Trinajstić information content (AvgIpc) is 2.99. The molecule has 5 nitrogen and oxygen atoms in total. The molecule has 1 saturated heterocycles. The summed E-state index contributed by atoms with van der Waals surface area (Å²) in [4.78, 5) is 11.7. The molecule has 0 bridgehead atoms. The highest BCUT2D eigenvalue weighted by Gasteiger charge is 2.34. The quantitative estimate of drug-likeness (QED) is 0.902. The predicted octanol–water partition coefficient (Wildman–Crippen LogP) is 2.71. The van der Waals surface area contributed by atoms with Crippen LogP contribution in [0.25, 0.3) is 0 Å². The number of nitrogens with one attached hydrogen (secondary N) is 1. The Hall–Kier alpha value is -2.11. The summed E-state index contributed by atoms with van der Waals surface area (Å²) in [6.07, 6.45) is -2.88. The fourth-order valence-electron chi connectivity index (χ4n) is 2.21. The molecule has 1 amide bonds. The van der Waals surface area contributed by atoms with Crippen LogP contribution in [-0.4, -0.2) is 31.8 Å². The van der Waals surface area contributed by atoms with Gasteiger partial charge in [0, 0.05) is 12.3 Å². The van der Waals surface area contributed by atoms with Gasteiger partial charge >= 0.3 is 6.18 Å². The maximum atomic E-state index is 12.8. The molecule has 1 aliphatic heterocycles. The number of halogens is 3. The van der Waals surface area contributed by atoms with Gasteiger partial charge in [0.15, 0.2) is 0 Å². The van der Waals surface area contributed by atoms with E-state index in [-0.39, 0.29) is 25.0 Å². The van der Waals surface area contributed by atoms with Crippen LogP contribution in [0.4, 0.5) is 18.9 Å². The summed E-state index contributed by atoms with van der Waals surface area (Å²) in [5, 5.41) is 11.0. The summed E-state index contributed by atoms with van der Waals surface area (Å²) < 4.78 is 49.0. The number of alkyl halides is 3. The number of anilines is 1. The molecule has 0 aromatic heterocycles. The van der Waals surface area contributed by atoms with Crippen LogP contribution in [-0.2, 0) is 20.4 Å². The molecule has 1 aromatic rings. The number of carbonyl (C=O) groups is 1. The molecule has 1 aliphatic rings. The Kier molecular flexibility index (Phi) is 5.58. The molecule has 1 N–H and O–H groups in total. The SMILES string of the molecule is N#Cc1ccc(NC(=O)COCC2CCCO2)cc1C(F)(F)F. The first kappa shape index (κ1) is 17.2. The molecule has 1 fully saturated rings. The Labute approximate surface area is 131 Å². The number of ether oxygens (including phenoxy) is 2. The van der Waals surface area contributed by atoms with Gasteiger partial charge < -0.3 is 14.8 Å². The first-order valence-corrected chi connectivity index (χ1v) is 7.00. The summed E-state index contributed by atoms with van der Waals surface area (Å²) in [6.45, 7) is 0.668. The largest absolute Gasteiger partial charge is 0.417 e. The van der Waals surface area contributed by atoms with E-state index in [1.165, 1.54) is 12.1 Å². The third-order valence-electron chi connectivity index (χ3n) is 3.29. The van der Waals surface area contributed by atoms with Crippen LogP contribution in [0.5, 0.6) is 0 Å². The highest BCUT2D eigenvalue weighted by molar-refractivity contribution is 5.91. The van der Waals surface area contributed by atoms with Crippen molar-refractivity contribution in [3.63, 3.8) is 0 Å². The zero-order chi connectivity index (χ0) is 16.9. The maximum Gasteiger partial charge on any atom is 0.417 e. The lowest BCUT2D eigenvalue weighted by atomic mass is 10.1. The van der Waals surface area contributed by atoms with Gasteiger partial charge in [0.2, 0.25) is 5.91 Å². The zero-order valence-corrected chi connectivity index (χ0v) is 12.2. The van der Waals surface area contributed by atoms with E-state index in [2.05, 4.69) is 5.32 Å². The molecule has 0 aliphatic carbocycles. The minimum atomic E-state index is -4.66. The smallest absolute Gasteiger partial charge is 0.376 e. The summed E-state index contributed by atoms with van der Waals surface area (Å²) in [5.74, 6) is -0.569. The van der Waals surface area contributed by atoms with Crippen molar-refractivity contribution in [2.24, 2.45) is 0 Å². The van der Waals surface area contributed by atoms with Gasteiger partial charge in [0.1, 0.15) is 6.61 Å². The molecule has 1 heterocycles. The van der Waals surface area contributed by atoms with Gasteiger partial charge in [0.05, 0.1) is 29.9 Å². The van der Waals surface area contributed by atoms with Crippen LogP contribution in [0.15, 0.2) is 18.2 Å². The Balaban J connectivity index is 1.91. The first-order chi connectivity index (χ1) is 10.9. The summed E-state index contributed by atoms with van der Waals surface area (Å²) in [5.41, 5.74) is -1.62. The fourth-order valence-corrected chi connectivity index (χ4v) is 2.21. The Morgan fingerprint density at radius 3 is 2.87 bits per heavy atom. The Morgan fingerprint density at radius 2 is 2.26 bits per heavy atom. The van der Waals surface area contributed by atoms with Crippen molar-refractivity contribution in [2.75, 3.05) is 25.1 Å². The van der Waals surface area contributed by atoms with Crippen LogP contribution < -0.4 is 5.32 Å². The number of nitriles is 1. The highest BCUT2D eigenvalue weighted by atomic mass is 19.4. The average molecular weight is 328 g/mol. The lowest BCUT2D eigenvalue weighted by Gasteiger charge is -2.12. The summed E-state index contributed by atoms with van der Waals surface area (Å²) >= 11 is 0. The monoisotopic (exact) mass is 328 g/mol. The number of carbonyl (C=O) groups excluding carboxylic acids is 1. The molecule has 1 unspecified atom stereocenters. The van der Waals surface area contributed by atoms with Gasteiger partial charge in [-0.25, -0.2) is 0 Å². The first-order valence-electron chi connectivity index (χ1n) is 7.00. The predicted molar refractivity (Wildman–Crippen MR) is 74.6 cm³/mol. The summed E-state index contributed by atoms with van der Waals surface area (Å²) in [6, 6.07) is 4.47. The maximum absolute atomic E-state index is 12.8. The van der Waals surface area contributed by atoms with E-state index >= 15 is 0 Å². The lowest BCUT2D eigenvalue weighted by molar-refractivity contribution is -0.137. The van der Waals surface area contributed by atoms with Crippen LogP contribution in [0.3, 0.4) is 0 Å². The molecule has 124 valence electrons. The zero-order valence-electron chi connectivity index (χ0n) is 12.2. The molecule has 8 heteroatoms. The molecule has 1 atom stereocenters. The molecule has 2 rings (SSSR count). The second-order valence-electron chi connectivity index (χ2n) is 5.07. The van der Waals surface area contributed by atoms with E-state index in [4.69, 9.17) is 14.7 Å². The second kappa shape index (κ2) is 7.44. The number of benzene rings is 1. The standard InChI is InChI=1S/C15H15F3N2O3/c16-15(17,18)13-6-11(4-3-10(13)7-19)20-14(21)9-22-8-12-2-1-5-23-12/h3-4,6,12H,1-2,5,8-9H2,(H,20,21). The van der Waals surface area contributed by atoms with Crippen molar-refractivity contribution in [3.8, 4) is 6.07 Å². The van der Waals surface area contributed by atoms with Crippen LogP contribution >= 0.6 is 0 Å². The van der Waals surface area contributed by atoms with E-state index in [1.54, 1.807) is 0 Å². The molecular formula is C15H15F3N2O3. The van der Waals surface area contributed by atoms with Gasteiger partial charge in [-0.2, -0.15) is 18.4 Å². The highest BCUT2D eigenvalue weighted by Crippen LogP contribution is 2.33. The van der Waals surface area contributed by atoms with Crippen molar-refractivity contribution in [3.05, 3.63) is 29.3 Å². The van der Waals surface area contributed by atoms with Gasteiger partial charge in [0.25, 0.3) is 0 Å². The molecule has 0 radical (unpaired) electrons. The van der Waals surface area contributed by atoms with E-state index in [0.29, 0.717) is 6.61 Å². The second-order valence-corrected chi connectivity index (χ2v) is 5.07. The van der Waals surface area contributed by atoms with E-state index in [0.717, 1.165) is 25.0 Å².